The molecule has 3 aromatic carbocycles. The standard InChI is InChI=1S/C28H31FIN3O4S/c1-4-26(28(35)31-20(2)3)32(18-21-10-12-22(29)13-11-21)27(34)19-33(24-16-14-23(30)15-17-24)38(36,37)25-8-6-5-7-9-25/h5-17,20,26H,4,18-19H2,1-3H3,(H,31,35). The lowest BCUT2D eigenvalue weighted by Crippen LogP contribution is -2.53. The van der Waals surface area contributed by atoms with Crippen molar-refractivity contribution in [1.82, 2.24) is 10.2 Å². The molecule has 3 aromatic rings. The molecular formula is C28H31FIN3O4S. The second kappa shape index (κ2) is 13.2. The number of amides is 2. The van der Waals surface area contributed by atoms with Crippen LogP contribution in [0.4, 0.5) is 10.1 Å². The van der Waals surface area contributed by atoms with Gasteiger partial charge in [-0.3, -0.25) is 13.9 Å². The van der Waals surface area contributed by atoms with Gasteiger partial charge in [0, 0.05) is 16.2 Å². The maximum absolute atomic E-state index is 13.9. The Kier molecular flexibility index (Phi) is 10.3. The van der Waals surface area contributed by atoms with Crippen LogP contribution in [-0.4, -0.2) is 43.8 Å². The van der Waals surface area contributed by atoms with Gasteiger partial charge in [0.25, 0.3) is 10.0 Å². The minimum Gasteiger partial charge on any atom is -0.352 e. The summed E-state index contributed by atoms with van der Waals surface area (Å²) < 4.78 is 43.0. The van der Waals surface area contributed by atoms with E-state index in [4.69, 9.17) is 0 Å². The third-order valence-corrected chi connectivity index (χ3v) is 8.31. The average molecular weight is 652 g/mol. The lowest BCUT2D eigenvalue weighted by molar-refractivity contribution is -0.140. The first-order chi connectivity index (χ1) is 18.0. The smallest absolute Gasteiger partial charge is 0.264 e. The van der Waals surface area contributed by atoms with E-state index >= 15 is 0 Å². The molecule has 0 aliphatic rings. The Labute approximate surface area is 237 Å². The third-order valence-electron chi connectivity index (χ3n) is 5.81. The first-order valence-corrected chi connectivity index (χ1v) is 14.7. The molecule has 0 heterocycles. The minimum absolute atomic E-state index is 0.00898. The van der Waals surface area contributed by atoms with Gasteiger partial charge >= 0.3 is 0 Å². The average Bonchev–Trinajstić information content (AvgIpc) is 2.89. The summed E-state index contributed by atoms with van der Waals surface area (Å²) in [6, 6.07) is 19.3. The number of rotatable bonds is 11. The first-order valence-electron chi connectivity index (χ1n) is 12.2. The molecule has 0 radical (unpaired) electrons. The van der Waals surface area contributed by atoms with Crippen LogP contribution in [0, 0.1) is 9.39 Å². The molecule has 0 fully saturated rings. The van der Waals surface area contributed by atoms with Gasteiger partial charge < -0.3 is 10.2 Å². The number of halogens is 2. The molecule has 1 atom stereocenters. The number of nitrogens with zero attached hydrogens (tertiary/aromatic N) is 2. The first kappa shape index (κ1) is 29.6. The van der Waals surface area contributed by atoms with Crippen molar-refractivity contribution in [3.05, 3.63) is 93.8 Å². The van der Waals surface area contributed by atoms with Gasteiger partial charge in [-0.25, -0.2) is 12.8 Å². The summed E-state index contributed by atoms with van der Waals surface area (Å²) in [6.45, 7) is 4.91. The predicted molar refractivity (Wildman–Crippen MR) is 154 cm³/mol. The molecule has 202 valence electrons. The molecule has 0 aliphatic carbocycles. The van der Waals surface area contributed by atoms with Gasteiger partial charge in [0.1, 0.15) is 18.4 Å². The van der Waals surface area contributed by atoms with Crippen LogP contribution in [0.5, 0.6) is 0 Å². The van der Waals surface area contributed by atoms with E-state index in [0.29, 0.717) is 17.7 Å². The van der Waals surface area contributed by atoms with Crippen molar-refractivity contribution < 1.29 is 22.4 Å². The summed E-state index contributed by atoms with van der Waals surface area (Å²) in [6.07, 6.45) is 0.306. The molecule has 0 aliphatic heterocycles. The van der Waals surface area contributed by atoms with Crippen LogP contribution in [-0.2, 0) is 26.2 Å². The van der Waals surface area contributed by atoms with Crippen molar-refractivity contribution in [1.29, 1.82) is 0 Å². The highest BCUT2D eigenvalue weighted by atomic mass is 127. The van der Waals surface area contributed by atoms with E-state index in [-0.39, 0.29) is 23.4 Å². The summed E-state index contributed by atoms with van der Waals surface area (Å²) in [4.78, 5) is 28.4. The lowest BCUT2D eigenvalue weighted by atomic mass is 10.1. The Morgan fingerprint density at radius 2 is 1.55 bits per heavy atom. The highest BCUT2D eigenvalue weighted by Crippen LogP contribution is 2.25. The van der Waals surface area contributed by atoms with Gasteiger partial charge in [-0.05, 0) is 97.0 Å². The van der Waals surface area contributed by atoms with Crippen molar-refractivity contribution in [2.45, 2.75) is 50.7 Å². The SMILES string of the molecule is CCC(C(=O)NC(C)C)N(Cc1ccc(F)cc1)C(=O)CN(c1ccc(I)cc1)S(=O)(=O)c1ccccc1. The van der Waals surface area contributed by atoms with Gasteiger partial charge in [0.05, 0.1) is 10.6 Å². The number of benzene rings is 3. The zero-order valence-electron chi connectivity index (χ0n) is 21.5. The summed E-state index contributed by atoms with van der Waals surface area (Å²) in [7, 11) is -4.11. The Balaban J connectivity index is 2.04. The van der Waals surface area contributed by atoms with E-state index < -0.39 is 34.3 Å². The molecule has 10 heteroatoms. The van der Waals surface area contributed by atoms with Crippen LogP contribution >= 0.6 is 22.6 Å². The highest BCUT2D eigenvalue weighted by Gasteiger charge is 2.33. The summed E-state index contributed by atoms with van der Waals surface area (Å²) in [5.74, 6) is -1.32. The lowest BCUT2D eigenvalue weighted by Gasteiger charge is -2.33. The summed E-state index contributed by atoms with van der Waals surface area (Å²) in [5, 5.41) is 2.85. The fraction of sp³-hybridized carbons (Fsp3) is 0.286. The van der Waals surface area contributed by atoms with E-state index in [1.807, 2.05) is 13.8 Å². The van der Waals surface area contributed by atoms with E-state index in [1.54, 1.807) is 61.5 Å². The maximum atomic E-state index is 13.9. The minimum atomic E-state index is -4.11. The number of hydrogen-bond donors (Lipinski definition) is 1. The topological polar surface area (TPSA) is 86.8 Å². The van der Waals surface area contributed by atoms with Gasteiger partial charge in [-0.2, -0.15) is 0 Å². The van der Waals surface area contributed by atoms with Crippen molar-refractivity contribution in [2.75, 3.05) is 10.8 Å². The van der Waals surface area contributed by atoms with Crippen LogP contribution in [0.2, 0.25) is 0 Å². The quantitative estimate of drug-likeness (QED) is 0.297. The molecule has 0 spiro atoms. The number of anilines is 1. The molecule has 0 aromatic heterocycles. The van der Waals surface area contributed by atoms with Crippen molar-refractivity contribution in [2.24, 2.45) is 0 Å². The van der Waals surface area contributed by atoms with E-state index in [1.165, 1.54) is 29.2 Å². The zero-order valence-corrected chi connectivity index (χ0v) is 24.4. The molecule has 3 rings (SSSR count). The molecule has 1 unspecified atom stereocenters. The van der Waals surface area contributed by atoms with E-state index in [9.17, 15) is 22.4 Å². The van der Waals surface area contributed by atoms with Crippen molar-refractivity contribution in [3.63, 3.8) is 0 Å². The van der Waals surface area contributed by atoms with Crippen LogP contribution in [0.25, 0.3) is 0 Å². The Bertz CT molecular complexity index is 1330. The van der Waals surface area contributed by atoms with Gasteiger partial charge in [-0.1, -0.05) is 37.3 Å². The highest BCUT2D eigenvalue weighted by molar-refractivity contribution is 14.1. The molecule has 0 saturated heterocycles. The number of nitrogens with one attached hydrogen (secondary N) is 1. The number of carbonyl (C=O) groups is 2. The summed E-state index contributed by atoms with van der Waals surface area (Å²) in [5.41, 5.74) is 0.936. The van der Waals surface area contributed by atoms with Crippen LogP contribution < -0.4 is 9.62 Å². The largest absolute Gasteiger partial charge is 0.352 e. The molecular weight excluding hydrogens is 620 g/mol. The van der Waals surface area contributed by atoms with Crippen LogP contribution in [0.15, 0.2) is 83.8 Å². The summed E-state index contributed by atoms with van der Waals surface area (Å²) >= 11 is 2.12. The fourth-order valence-corrected chi connectivity index (χ4v) is 5.74. The molecule has 7 nitrogen and oxygen atoms in total. The molecule has 1 N–H and O–H groups in total. The second-order valence-corrected chi connectivity index (χ2v) is 12.1. The molecule has 2 amide bonds. The fourth-order valence-electron chi connectivity index (χ4n) is 3.94. The van der Waals surface area contributed by atoms with Gasteiger partial charge in [0.2, 0.25) is 11.8 Å². The van der Waals surface area contributed by atoms with E-state index in [2.05, 4.69) is 27.9 Å². The monoisotopic (exact) mass is 651 g/mol. The number of hydrogen-bond acceptors (Lipinski definition) is 4. The zero-order chi connectivity index (χ0) is 27.9. The van der Waals surface area contributed by atoms with Gasteiger partial charge in [-0.15, -0.1) is 0 Å². The maximum Gasteiger partial charge on any atom is 0.264 e. The van der Waals surface area contributed by atoms with Crippen LogP contribution in [0.1, 0.15) is 32.8 Å². The Hall–Kier alpha value is -2.99. The molecule has 0 saturated carbocycles. The predicted octanol–water partition coefficient (Wildman–Crippen LogP) is 4.96. The number of sulfonamides is 1. The van der Waals surface area contributed by atoms with E-state index in [0.717, 1.165) is 7.88 Å². The number of carbonyl (C=O) groups excluding carboxylic acids is 2. The molecule has 0 bridgehead atoms. The van der Waals surface area contributed by atoms with Crippen molar-refractivity contribution in [3.8, 4) is 0 Å². The van der Waals surface area contributed by atoms with Crippen molar-refractivity contribution >= 4 is 50.1 Å². The van der Waals surface area contributed by atoms with Gasteiger partial charge in [0.15, 0.2) is 0 Å². The Morgan fingerprint density at radius 3 is 2.11 bits per heavy atom. The second-order valence-electron chi connectivity index (χ2n) is 9.04. The Morgan fingerprint density at radius 1 is 0.947 bits per heavy atom. The third kappa shape index (κ3) is 7.53. The normalized spacial score (nSPS) is 12.2. The van der Waals surface area contributed by atoms with Crippen LogP contribution in [0.3, 0.4) is 0 Å². The molecule has 38 heavy (non-hydrogen) atoms.